The van der Waals surface area contributed by atoms with E-state index in [4.69, 9.17) is 9.84 Å². The summed E-state index contributed by atoms with van der Waals surface area (Å²) in [6, 6.07) is 6.81. The van der Waals surface area contributed by atoms with Crippen LogP contribution in [0.15, 0.2) is 24.3 Å². The smallest absolute Gasteiger partial charge is 0.319 e. The highest BCUT2D eigenvalue weighted by atomic mass is 16.5. The van der Waals surface area contributed by atoms with Gasteiger partial charge in [-0.3, -0.25) is 0 Å². The molecule has 22 heavy (non-hydrogen) atoms. The Morgan fingerprint density at radius 1 is 1.32 bits per heavy atom. The highest BCUT2D eigenvalue weighted by Gasteiger charge is 2.11. The van der Waals surface area contributed by atoms with Crippen LogP contribution in [0, 0.1) is 0 Å². The molecule has 6 heteroatoms. The monoisotopic (exact) mass is 309 g/mol. The van der Waals surface area contributed by atoms with E-state index in [0.717, 1.165) is 18.5 Å². The van der Waals surface area contributed by atoms with E-state index in [0.29, 0.717) is 18.8 Å². The maximum Gasteiger partial charge on any atom is 0.319 e. The molecule has 1 atom stereocenters. The number of nitrogens with one attached hydrogen (secondary N) is 2. The minimum absolute atomic E-state index is 0.00557. The van der Waals surface area contributed by atoms with Crippen molar-refractivity contribution in [2.45, 2.75) is 26.1 Å². The molecule has 0 bridgehead atoms. The maximum atomic E-state index is 11.9. The fourth-order valence-electron chi connectivity index (χ4n) is 1.96. The summed E-state index contributed by atoms with van der Waals surface area (Å²) in [6.07, 6.45) is 0.877. The molecule has 1 rings (SSSR count). The van der Waals surface area contributed by atoms with Crippen molar-refractivity contribution in [1.82, 2.24) is 10.2 Å². The van der Waals surface area contributed by atoms with Crippen molar-refractivity contribution in [2.75, 3.05) is 39.1 Å². The summed E-state index contributed by atoms with van der Waals surface area (Å²) in [5, 5.41) is 14.6. The first-order valence-electron chi connectivity index (χ1n) is 7.56. The summed E-state index contributed by atoms with van der Waals surface area (Å²) in [6.45, 7) is 3.96. The van der Waals surface area contributed by atoms with Gasteiger partial charge in [-0.15, -0.1) is 0 Å². The summed E-state index contributed by atoms with van der Waals surface area (Å²) >= 11 is 0. The molecule has 0 aliphatic rings. The number of urea groups is 1. The number of hydrogen-bond acceptors (Lipinski definition) is 4. The molecule has 0 spiro atoms. The first-order chi connectivity index (χ1) is 10.5. The number of ether oxygens (including phenoxy) is 1. The van der Waals surface area contributed by atoms with Crippen LogP contribution >= 0.6 is 0 Å². The number of carbonyl (C=O) groups excluding carboxylic acids is 1. The first-order valence-corrected chi connectivity index (χ1v) is 7.56. The van der Waals surface area contributed by atoms with E-state index in [-0.39, 0.29) is 18.7 Å². The van der Waals surface area contributed by atoms with Gasteiger partial charge in [-0.1, -0.05) is 12.1 Å². The molecule has 0 aromatic heterocycles. The summed E-state index contributed by atoms with van der Waals surface area (Å²) in [5.74, 6) is 0. The van der Waals surface area contributed by atoms with Gasteiger partial charge in [-0.25, -0.2) is 4.79 Å². The van der Waals surface area contributed by atoms with E-state index in [9.17, 15) is 4.79 Å². The number of aliphatic hydroxyl groups is 1. The lowest BCUT2D eigenvalue weighted by Crippen LogP contribution is -2.37. The number of carbonyl (C=O) groups is 1. The maximum absolute atomic E-state index is 11.9. The van der Waals surface area contributed by atoms with Crippen molar-refractivity contribution in [3.63, 3.8) is 0 Å². The number of rotatable bonds is 9. The van der Waals surface area contributed by atoms with Crippen LogP contribution in [-0.4, -0.2) is 55.9 Å². The van der Waals surface area contributed by atoms with Crippen molar-refractivity contribution in [3.05, 3.63) is 29.8 Å². The van der Waals surface area contributed by atoms with Crippen molar-refractivity contribution in [3.8, 4) is 0 Å². The molecule has 1 unspecified atom stereocenters. The molecule has 6 nitrogen and oxygen atoms in total. The van der Waals surface area contributed by atoms with Crippen molar-refractivity contribution >= 4 is 11.7 Å². The second kappa shape index (κ2) is 10.2. The lowest BCUT2D eigenvalue weighted by Gasteiger charge is -2.20. The van der Waals surface area contributed by atoms with Crippen molar-refractivity contribution in [2.24, 2.45) is 0 Å². The summed E-state index contributed by atoms with van der Waals surface area (Å²) in [7, 11) is 4.03. The third-order valence-electron chi connectivity index (χ3n) is 3.19. The van der Waals surface area contributed by atoms with Gasteiger partial charge in [0.05, 0.1) is 12.7 Å². The minimum atomic E-state index is -0.258. The van der Waals surface area contributed by atoms with E-state index >= 15 is 0 Å². The normalized spacial score (nSPS) is 12.2. The SMILES string of the molecule is CCOC(CCN(C)C)CNC(=O)Nc1ccc(CO)cc1. The Kier molecular flexibility index (Phi) is 8.50. The lowest BCUT2D eigenvalue weighted by atomic mass is 10.2. The number of amides is 2. The van der Waals surface area contributed by atoms with E-state index in [2.05, 4.69) is 15.5 Å². The Morgan fingerprint density at radius 3 is 2.55 bits per heavy atom. The second-order valence-corrected chi connectivity index (χ2v) is 5.36. The Balaban J connectivity index is 2.38. The zero-order valence-corrected chi connectivity index (χ0v) is 13.6. The largest absolute Gasteiger partial charge is 0.392 e. The molecule has 2 amide bonds. The van der Waals surface area contributed by atoms with E-state index in [1.807, 2.05) is 21.0 Å². The molecule has 0 radical (unpaired) electrons. The highest BCUT2D eigenvalue weighted by Crippen LogP contribution is 2.09. The van der Waals surface area contributed by atoms with Crippen molar-refractivity contribution in [1.29, 1.82) is 0 Å². The highest BCUT2D eigenvalue weighted by molar-refractivity contribution is 5.89. The van der Waals surface area contributed by atoms with E-state index in [1.54, 1.807) is 24.3 Å². The van der Waals surface area contributed by atoms with Gasteiger partial charge in [-0.2, -0.15) is 0 Å². The number of benzene rings is 1. The van der Waals surface area contributed by atoms with Gasteiger partial charge in [-0.05, 0) is 45.1 Å². The van der Waals surface area contributed by atoms with Crippen LogP contribution in [0.25, 0.3) is 0 Å². The molecule has 0 aliphatic carbocycles. The van der Waals surface area contributed by atoms with Crippen LogP contribution in [0.2, 0.25) is 0 Å². The molecule has 1 aromatic rings. The third kappa shape index (κ3) is 7.40. The first kappa shape index (κ1) is 18.4. The minimum Gasteiger partial charge on any atom is -0.392 e. The summed E-state index contributed by atoms with van der Waals surface area (Å²) in [5.41, 5.74) is 1.50. The van der Waals surface area contributed by atoms with Crippen LogP contribution in [0.5, 0.6) is 0 Å². The predicted molar refractivity (Wildman–Crippen MR) is 88.0 cm³/mol. The molecule has 0 aliphatic heterocycles. The molecule has 3 N–H and O–H groups in total. The summed E-state index contributed by atoms with van der Waals surface area (Å²) in [4.78, 5) is 14.0. The lowest BCUT2D eigenvalue weighted by molar-refractivity contribution is 0.0538. The zero-order valence-electron chi connectivity index (χ0n) is 13.6. The van der Waals surface area contributed by atoms with Gasteiger partial charge in [0.1, 0.15) is 0 Å². The van der Waals surface area contributed by atoms with Gasteiger partial charge >= 0.3 is 6.03 Å². The quantitative estimate of drug-likeness (QED) is 0.648. The predicted octanol–water partition coefficient (Wildman–Crippen LogP) is 1.66. The standard InChI is InChI=1S/C16H27N3O3/c1-4-22-15(9-10-19(2)3)11-17-16(21)18-14-7-5-13(12-20)6-8-14/h5-8,15,20H,4,9-12H2,1-3H3,(H2,17,18,21). The Hall–Kier alpha value is -1.63. The molecule has 0 saturated heterocycles. The van der Waals surface area contributed by atoms with Gasteiger partial charge in [0.15, 0.2) is 0 Å². The van der Waals surface area contributed by atoms with Crippen LogP contribution in [0.1, 0.15) is 18.9 Å². The average Bonchev–Trinajstić information content (AvgIpc) is 2.50. The number of hydrogen-bond donors (Lipinski definition) is 3. The number of aliphatic hydroxyl groups excluding tert-OH is 1. The van der Waals surface area contributed by atoms with Crippen LogP contribution < -0.4 is 10.6 Å². The molecule has 1 aromatic carbocycles. The van der Waals surface area contributed by atoms with Crippen LogP contribution in [0.4, 0.5) is 10.5 Å². The second-order valence-electron chi connectivity index (χ2n) is 5.36. The van der Waals surface area contributed by atoms with E-state index < -0.39 is 0 Å². The fraction of sp³-hybridized carbons (Fsp3) is 0.562. The Morgan fingerprint density at radius 2 is 2.00 bits per heavy atom. The summed E-state index contributed by atoms with van der Waals surface area (Å²) < 4.78 is 5.63. The molecular formula is C16H27N3O3. The molecule has 0 fully saturated rings. The van der Waals surface area contributed by atoms with Gasteiger partial charge in [0, 0.05) is 25.4 Å². The average molecular weight is 309 g/mol. The topological polar surface area (TPSA) is 73.8 Å². The Labute approximate surface area is 132 Å². The number of nitrogens with zero attached hydrogens (tertiary/aromatic N) is 1. The van der Waals surface area contributed by atoms with Crippen molar-refractivity contribution < 1.29 is 14.6 Å². The fourth-order valence-corrected chi connectivity index (χ4v) is 1.96. The molecule has 124 valence electrons. The van der Waals surface area contributed by atoms with E-state index in [1.165, 1.54) is 0 Å². The zero-order chi connectivity index (χ0) is 16.4. The molecule has 0 heterocycles. The van der Waals surface area contributed by atoms with Crippen LogP contribution in [-0.2, 0) is 11.3 Å². The van der Waals surface area contributed by atoms with Crippen LogP contribution in [0.3, 0.4) is 0 Å². The van der Waals surface area contributed by atoms with Gasteiger partial charge in [0.2, 0.25) is 0 Å². The molecule has 0 saturated carbocycles. The van der Waals surface area contributed by atoms with Gasteiger partial charge in [0.25, 0.3) is 0 Å². The number of anilines is 1. The van der Waals surface area contributed by atoms with Gasteiger partial charge < -0.3 is 25.4 Å². The third-order valence-corrected chi connectivity index (χ3v) is 3.19. The molecular weight excluding hydrogens is 282 g/mol. The Bertz CT molecular complexity index is 435.